The minimum absolute atomic E-state index is 0.0252. The summed E-state index contributed by atoms with van der Waals surface area (Å²) in [7, 11) is 3.10. The summed E-state index contributed by atoms with van der Waals surface area (Å²) in [5.41, 5.74) is 0.534. The average molecular weight is 332 g/mol. The summed E-state index contributed by atoms with van der Waals surface area (Å²) in [4.78, 5) is 25.6. The van der Waals surface area contributed by atoms with Crippen LogP contribution in [0.2, 0.25) is 0 Å². The zero-order valence-corrected chi connectivity index (χ0v) is 14.2. The minimum Gasteiger partial charge on any atom is -0.493 e. The molecule has 1 N–H and O–H groups in total. The van der Waals surface area contributed by atoms with Crippen molar-refractivity contribution in [2.24, 2.45) is 5.92 Å². The lowest BCUT2D eigenvalue weighted by Gasteiger charge is -2.31. The van der Waals surface area contributed by atoms with Gasteiger partial charge in [0.05, 0.1) is 14.2 Å². The van der Waals surface area contributed by atoms with E-state index in [0.717, 1.165) is 12.8 Å². The van der Waals surface area contributed by atoms with Crippen molar-refractivity contribution in [1.29, 1.82) is 0 Å². The summed E-state index contributed by atoms with van der Waals surface area (Å²) in [5, 5.41) is 2.96. The lowest BCUT2D eigenvalue weighted by atomic mass is 9.96. The van der Waals surface area contributed by atoms with E-state index in [0.29, 0.717) is 42.6 Å². The molecular weight excluding hydrogens is 308 g/mol. The minimum atomic E-state index is -0.138. The fourth-order valence-corrected chi connectivity index (χ4v) is 2.80. The molecule has 0 aromatic heterocycles. The van der Waals surface area contributed by atoms with Crippen LogP contribution in [0, 0.1) is 5.92 Å². The van der Waals surface area contributed by atoms with Gasteiger partial charge in [0.25, 0.3) is 5.91 Å². The zero-order valence-electron chi connectivity index (χ0n) is 14.2. The fraction of sp³-hybridized carbons (Fsp3) is 0.444. The molecule has 0 atom stereocenters. The molecule has 24 heavy (non-hydrogen) atoms. The van der Waals surface area contributed by atoms with Crippen molar-refractivity contribution in [3.8, 4) is 11.5 Å². The second kappa shape index (κ2) is 8.38. The Morgan fingerprint density at radius 3 is 2.50 bits per heavy atom. The number of ether oxygens (including phenoxy) is 2. The van der Waals surface area contributed by atoms with Gasteiger partial charge in [-0.05, 0) is 43.0 Å². The molecule has 1 aliphatic heterocycles. The predicted octanol–water partition coefficient (Wildman–Crippen LogP) is 1.86. The maximum atomic E-state index is 12.3. The number of rotatable bonds is 6. The molecule has 0 unspecified atom stereocenters. The van der Waals surface area contributed by atoms with E-state index in [2.05, 4.69) is 11.9 Å². The van der Waals surface area contributed by atoms with E-state index in [9.17, 15) is 9.59 Å². The predicted molar refractivity (Wildman–Crippen MR) is 91.4 cm³/mol. The molecule has 0 radical (unpaired) electrons. The second-order valence-electron chi connectivity index (χ2n) is 5.75. The Kier molecular flexibility index (Phi) is 6.23. The van der Waals surface area contributed by atoms with E-state index in [1.54, 1.807) is 30.2 Å². The van der Waals surface area contributed by atoms with Gasteiger partial charge in [-0.25, -0.2) is 0 Å². The summed E-state index contributed by atoms with van der Waals surface area (Å²) in [6.45, 7) is 5.53. The Hall–Kier alpha value is -2.50. The Balaban J connectivity index is 1.86. The average Bonchev–Trinajstić information content (AvgIpc) is 2.65. The maximum Gasteiger partial charge on any atom is 0.251 e. The lowest BCUT2D eigenvalue weighted by molar-refractivity contribution is -0.127. The standard InChI is InChI=1S/C18H24N2O4/c1-4-17(21)20-9-7-13(8-10-20)12-19-18(22)14-5-6-15(23-2)16(11-14)24-3/h4-6,11,13H,1,7-10,12H2,2-3H3,(H,19,22). The summed E-state index contributed by atoms with van der Waals surface area (Å²) < 4.78 is 10.4. The first-order chi connectivity index (χ1) is 11.6. The molecule has 2 rings (SSSR count). The van der Waals surface area contributed by atoms with Gasteiger partial charge in [0, 0.05) is 25.2 Å². The van der Waals surface area contributed by atoms with Crippen LogP contribution in [0.5, 0.6) is 11.5 Å². The molecule has 1 aliphatic rings. The molecule has 6 nitrogen and oxygen atoms in total. The highest BCUT2D eigenvalue weighted by atomic mass is 16.5. The van der Waals surface area contributed by atoms with Crippen molar-refractivity contribution in [3.63, 3.8) is 0 Å². The molecule has 1 aromatic rings. The molecule has 130 valence electrons. The van der Waals surface area contributed by atoms with Crippen molar-refractivity contribution < 1.29 is 19.1 Å². The molecule has 1 aromatic carbocycles. The third-order valence-corrected chi connectivity index (χ3v) is 4.30. The smallest absolute Gasteiger partial charge is 0.251 e. The molecule has 0 spiro atoms. The van der Waals surface area contributed by atoms with Crippen molar-refractivity contribution in [2.45, 2.75) is 12.8 Å². The summed E-state index contributed by atoms with van der Waals surface area (Å²) >= 11 is 0. The molecule has 2 amide bonds. The van der Waals surface area contributed by atoms with Crippen LogP contribution in [0.25, 0.3) is 0 Å². The normalized spacial score (nSPS) is 14.8. The van der Waals surface area contributed by atoms with Gasteiger partial charge in [-0.3, -0.25) is 9.59 Å². The summed E-state index contributed by atoms with van der Waals surface area (Å²) in [6.07, 6.45) is 3.11. The van der Waals surface area contributed by atoms with Gasteiger partial charge in [-0.1, -0.05) is 6.58 Å². The highest BCUT2D eigenvalue weighted by Crippen LogP contribution is 2.27. The van der Waals surface area contributed by atoms with E-state index in [-0.39, 0.29) is 11.8 Å². The largest absolute Gasteiger partial charge is 0.493 e. The molecule has 0 bridgehead atoms. The number of nitrogens with one attached hydrogen (secondary N) is 1. The topological polar surface area (TPSA) is 67.9 Å². The number of nitrogens with zero attached hydrogens (tertiary/aromatic N) is 1. The molecule has 1 saturated heterocycles. The number of carbonyl (C=O) groups is 2. The Labute approximate surface area is 142 Å². The molecule has 0 aliphatic carbocycles. The fourth-order valence-electron chi connectivity index (χ4n) is 2.80. The van der Waals surface area contributed by atoms with E-state index in [1.807, 2.05) is 0 Å². The number of hydrogen-bond donors (Lipinski definition) is 1. The van der Waals surface area contributed by atoms with Crippen LogP contribution < -0.4 is 14.8 Å². The van der Waals surface area contributed by atoms with Crippen molar-refractivity contribution in [1.82, 2.24) is 10.2 Å². The molecule has 1 fully saturated rings. The Morgan fingerprint density at radius 2 is 1.92 bits per heavy atom. The summed E-state index contributed by atoms with van der Waals surface area (Å²) in [5.74, 6) is 1.33. The lowest BCUT2D eigenvalue weighted by Crippen LogP contribution is -2.40. The highest BCUT2D eigenvalue weighted by molar-refractivity contribution is 5.94. The monoisotopic (exact) mass is 332 g/mol. The van der Waals surface area contributed by atoms with Crippen LogP contribution >= 0.6 is 0 Å². The second-order valence-corrected chi connectivity index (χ2v) is 5.75. The van der Waals surface area contributed by atoms with E-state index < -0.39 is 0 Å². The first-order valence-electron chi connectivity index (χ1n) is 8.00. The van der Waals surface area contributed by atoms with E-state index in [4.69, 9.17) is 9.47 Å². The van der Waals surface area contributed by atoms with Gasteiger partial charge in [0.15, 0.2) is 11.5 Å². The third kappa shape index (κ3) is 4.28. The first kappa shape index (κ1) is 17.8. The van der Waals surface area contributed by atoms with E-state index >= 15 is 0 Å². The van der Waals surface area contributed by atoms with Crippen LogP contribution in [-0.2, 0) is 4.79 Å². The number of hydrogen-bond acceptors (Lipinski definition) is 4. The van der Waals surface area contributed by atoms with Crippen LogP contribution in [0.3, 0.4) is 0 Å². The maximum absolute atomic E-state index is 12.3. The van der Waals surface area contributed by atoms with Gasteiger partial charge < -0.3 is 19.7 Å². The number of methoxy groups -OCH3 is 2. The molecule has 6 heteroatoms. The first-order valence-corrected chi connectivity index (χ1v) is 8.00. The van der Waals surface area contributed by atoms with E-state index in [1.165, 1.54) is 13.2 Å². The van der Waals surface area contributed by atoms with Gasteiger partial charge in [-0.15, -0.1) is 0 Å². The van der Waals surface area contributed by atoms with Gasteiger partial charge in [0.1, 0.15) is 0 Å². The number of amides is 2. The number of likely N-dealkylation sites (tertiary alicyclic amines) is 1. The number of piperidine rings is 1. The highest BCUT2D eigenvalue weighted by Gasteiger charge is 2.22. The van der Waals surface area contributed by atoms with Crippen molar-refractivity contribution in [3.05, 3.63) is 36.4 Å². The molecule has 1 heterocycles. The van der Waals surface area contributed by atoms with Crippen LogP contribution in [0.1, 0.15) is 23.2 Å². The Bertz CT molecular complexity index is 607. The van der Waals surface area contributed by atoms with Crippen molar-refractivity contribution >= 4 is 11.8 Å². The number of carbonyl (C=O) groups excluding carboxylic acids is 2. The molecule has 0 saturated carbocycles. The quantitative estimate of drug-likeness (QED) is 0.808. The van der Waals surface area contributed by atoms with Gasteiger partial charge >= 0.3 is 0 Å². The zero-order chi connectivity index (χ0) is 17.5. The SMILES string of the molecule is C=CC(=O)N1CCC(CNC(=O)c2ccc(OC)c(OC)c2)CC1. The Morgan fingerprint density at radius 1 is 1.25 bits per heavy atom. The third-order valence-electron chi connectivity index (χ3n) is 4.30. The molecular formula is C18H24N2O4. The van der Waals surface area contributed by atoms with Gasteiger partial charge in [0.2, 0.25) is 5.91 Å². The van der Waals surface area contributed by atoms with Crippen LogP contribution in [0.15, 0.2) is 30.9 Å². The van der Waals surface area contributed by atoms with Crippen molar-refractivity contribution in [2.75, 3.05) is 33.9 Å². The van der Waals surface area contributed by atoms with Crippen LogP contribution in [0.4, 0.5) is 0 Å². The van der Waals surface area contributed by atoms with Crippen LogP contribution in [-0.4, -0.2) is 50.6 Å². The number of benzene rings is 1. The van der Waals surface area contributed by atoms with Gasteiger partial charge in [-0.2, -0.15) is 0 Å². The summed E-state index contributed by atoms with van der Waals surface area (Å²) in [6, 6.07) is 5.09.